The van der Waals surface area contributed by atoms with Gasteiger partial charge in [-0.1, -0.05) is 113 Å². The molecule has 0 nitrogen and oxygen atoms in total. The molecule has 1 aliphatic carbocycles. The first-order valence-corrected chi connectivity index (χ1v) is 11.7. The minimum atomic E-state index is -2.29. The quantitative estimate of drug-likeness (QED) is 0.465. The molecule has 0 radical (unpaired) electrons. The zero-order valence-electron chi connectivity index (χ0n) is 16.4. The van der Waals surface area contributed by atoms with Crippen molar-refractivity contribution < 1.29 is 0 Å². The van der Waals surface area contributed by atoms with Crippen LogP contribution in [0.15, 0.2) is 107 Å². The number of hydrogen-bond acceptors (Lipinski definition) is 0. The SMILES string of the molecule is CC1=CCC([Si](c2ccccc2)(c2ccccc2)c2ccc(C)cc2)=C1C. The average molecular weight is 367 g/mol. The highest BCUT2D eigenvalue weighted by molar-refractivity contribution is 7.16. The topological polar surface area (TPSA) is 0 Å². The molecule has 3 aromatic rings. The standard InChI is InChI=1S/C26H26Si/c1-20-14-17-25(18-15-20)27(23-10-6-4-7-11-23,24-12-8-5-9-13-24)26-19-16-21(2)22(26)3/h4-18H,19H2,1-3H3. The summed E-state index contributed by atoms with van der Waals surface area (Å²) < 4.78 is 0. The second kappa shape index (κ2) is 7.17. The number of allylic oxidation sites excluding steroid dienone is 4. The maximum absolute atomic E-state index is 2.41. The highest BCUT2D eigenvalue weighted by atomic mass is 28.3. The van der Waals surface area contributed by atoms with E-state index < -0.39 is 8.07 Å². The summed E-state index contributed by atoms with van der Waals surface area (Å²) in [4.78, 5) is 0. The zero-order valence-corrected chi connectivity index (χ0v) is 17.4. The van der Waals surface area contributed by atoms with Gasteiger partial charge in [-0.25, -0.2) is 0 Å². The molecule has 0 N–H and O–H groups in total. The third kappa shape index (κ3) is 2.92. The van der Waals surface area contributed by atoms with Crippen LogP contribution in [0.25, 0.3) is 0 Å². The van der Waals surface area contributed by atoms with E-state index in [1.165, 1.54) is 32.3 Å². The molecule has 0 amide bonds. The van der Waals surface area contributed by atoms with Crippen LogP contribution in [0, 0.1) is 6.92 Å². The minimum Gasteiger partial charge on any atom is -0.0776 e. The molecule has 0 aromatic heterocycles. The van der Waals surface area contributed by atoms with E-state index in [1.807, 2.05) is 0 Å². The van der Waals surface area contributed by atoms with Crippen molar-refractivity contribution in [3.8, 4) is 0 Å². The number of rotatable bonds is 4. The molecule has 0 fully saturated rings. The first kappa shape index (κ1) is 17.8. The Balaban J connectivity index is 2.12. The summed E-state index contributed by atoms with van der Waals surface area (Å²) in [5.74, 6) is 0. The van der Waals surface area contributed by atoms with Gasteiger partial charge in [-0.15, -0.1) is 0 Å². The van der Waals surface area contributed by atoms with Gasteiger partial charge >= 0.3 is 0 Å². The highest BCUT2D eigenvalue weighted by Gasteiger charge is 2.44. The summed E-state index contributed by atoms with van der Waals surface area (Å²) in [5.41, 5.74) is 4.23. The molecular formula is C26H26Si. The van der Waals surface area contributed by atoms with Crippen LogP contribution in [-0.2, 0) is 0 Å². The molecule has 134 valence electrons. The van der Waals surface area contributed by atoms with E-state index >= 15 is 0 Å². The molecular weight excluding hydrogens is 340 g/mol. The Bertz CT molecular complexity index is 954. The molecule has 0 saturated heterocycles. The predicted molar refractivity (Wildman–Crippen MR) is 120 cm³/mol. The Morgan fingerprint density at radius 3 is 1.52 bits per heavy atom. The van der Waals surface area contributed by atoms with Gasteiger partial charge in [0.25, 0.3) is 0 Å². The van der Waals surface area contributed by atoms with Crippen molar-refractivity contribution in [2.45, 2.75) is 27.2 Å². The van der Waals surface area contributed by atoms with Crippen LogP contribution in [0.1, 0.15) is 25.8 Å². The van der Waals surface area contributed by atoms with Gasteiger partial charge in [0.15, 0.2) is 8.07 Å². The van der Waals surface area contributed by atoms with Gasteiger partial charge in [0.1, 0.15) is 0 Å². The van der Waals surface area contributed by atoms with Crippen LogP contribution >= 0.6 is 0 Å². The van der Waals surface area contributed by atoms with Crippen LogP contribution in [0.4, 0.5) is 0 Å². The molecule has 3 aromatic carbocycles. The Hall–Kier alpha value is -2.64. The maximum atomic E-state index is 2.41. The Kier molecular flexibility index (Phi) is 4.71. The van der Waals surface area contributed by atoms with Crippen LogP contribution in [-0.4, -0.2) is 8.07 Å². The van der Waals surface area contributed by atoms with Crippen LogP contribution < -0.4 is 15.6 Å². The molecule has 0 unspecified atom stereocenters. The molecule has 27 heavy (non-hydrogen) atoms. The fraction of sp³-hybridized carbons (Fsp3) is 0.154. The van der Waals surface area contributed by atoms with E-state index in [0.717, 1.165) is 6.42 Å². The maximum Gasteiger partial charge on any atom is 0.176 e. The van der Waals surface area contributed by atoms with Crippen molar-refractivity contribution >= 4 is 23.6 Å². The third-order valence-electron chi connectivity index (χ3n) is 6.01. The number of benzene rings is 3. The van der Waals surface area contributed by atoms with Crippen LogP contribution in [0.5, 0.6) is 0 Å². The average Bonchev–Trinajstić information content (AvgIpc) is 3.05. The lowest BCUT2D eigenvalue weighted by Crippen LogP contribution is -2.68. The monoisotopic (exact) mass is 366 g/mol. The molecule has 0 bridgehead atoms. The van der Waals surface area contributed by atoms with E-state index in [4.69, 9.17) is 0 Å². The lowest BCUT2D eigenvalue weighted by Gasteiger charge is -2.36. The van der Waals surface area contributed by atoms with Crippen molar-refractivity contribution in [3.63, 3.8) is 0 Å². The first-order chi connectivity index (χ1) is 13.1. The predicted octanol–water partition coefficient (Wildman–Crippen LogP) is 4.67. The van der Waals surface area contributed by atoms with E-state index in [0.29, 0.717) is 0 Å². The van der Waals surface area contributed by atoms with Gasteiger partial charge in [-0.05, 0) is 42.8 Å². The Morgan fingerprint density at radius 2 is 1.07 bits per heavy atom. The van der Waals surface area contributed by atoms with E-state index in [9.17, 15) is 0 Å². The molecule has 0 heterocycles. The fourth-order valence-corrected chi connectivity index (χ4v) is 9.70. The van der Waals surface area contributed by atoms with E-state index in [2.05, 4.69) is 112 Å². The molecule has 0 spiro atoms. The molecule has 0 aliphatic heterocycles. The van der Waals surface area contributed by atoms with Gasteiger partial charge in [0.05, 0.1) is 0 Å². The molecule has 4 rings (SSSR count). The smallest absolute Gasteiger partial charge is 0.0776 e. The van der Waals surface area contributed by atoms with Crippen LogP contribution in [0.2, 0.25) is 0 Å². The van der Waals surface area contributed by atoms with Gasteiger partial charge in [-0.3, -0.25) is 0 Å². The minimum absolute atomic E-state index is 1.06. The Morgan fingerprint density at radius 1 is 0.593 bits per heavy atom. The second-order valence-corrected chi connectivity index (χ2v) is 11.4. The van der Waals surface area contributed by atoms with Gasteiger partial charge in [-0.2, -0.15) is 0 Å². The van der Waals surface area contributed by atoms with Gasteiger partial charge in [0, 0.05) is 0 Å². The Labute approximate surface area is 163 Å². The van der Waals surface area contributed by atoms with E-state index in [-0.39, 0.29) is 0 Å². The summed E-state index contributed by atoms with van der Waals surface area (Å²) >= 11 is 0. The summed E-state index contributed by atoms with van der Waals surface area (Å²) in [7, 11) is -2.29. The van der Waals surface area contributed by atoms with Crippen LogP contribution in [0.3, 0.4) is 0 Å². The lowest BCUT2D eigenvalue weighted by atomic mass is 10.2. The first-order valence-electron chi connectivity index (χ1n) is 9.69. The summed E-state index contributed by atoms with van der Waals surface area (Å²) in [5, 5.41) is 6.04. The summed E-state index contributed by atoms with van der Waals surface area (Å²) in [6.07, 6.45) is 3.47. The second-order valence-electron chi connectivity index (χ2n) is 7.54. The van der Waals surface area contributed by atoms with Gasteiger partial charge in [0.2, 0.25) is 0 Å². The summed E-state index contributed by atoms with van der Waals surface area (Å²) in [6, 6.07) is 31.7. The largest absolute Gasteiger partial charge is 0.176 e. The van der Waals surface area contributed by atoms with Crippen molar-refractivity contribution in [1.29, 1.82) is 0 Å². The molecule has 1 aliphatic rings. The number of hydrogen-bond donors (Lipinski definition) is 0. The van der Waals surface area contributed by atoms with E-state index in [1.54, 1.807) is 5.20 Å². The zero-order chi connectivity index (χ0) is 18.9. The van der Waals surface area contributed by atoms with Crippen molar-refractivity contribution in [3.05, 3.63) is 113 Å². The van der Waals surface area contributed by atoms with Crippen molar-refractivity contribution in [2.75, 3.05) is 0 Å². The normalized spacial score (nSPS) is 14.4. The fourth-order valence-electron chi connectivity index (χ4n) is 4.44. The van der Waals surface area contributed by atoms with Crippen molar-refractivity contribution in [2.24, 2.45) is 0 Å². The van der Waals surface area contributed by atoms with Crippen molar-refractivity contribution in [1.82, 2.24) is 0 Å². The molecule has 0 atom stereocenters. The summed E-state index contributed by atoms with van der Waals surface area (Å²) in [6.45, 7) is 6.74. The van der Waals surface area contributed by atoms with Gasteiger partial charge < -0.3 is 0 Å². The number of aryl methyl sites for hydroxylation is 1. The third-order valence-corrected chi connectivity index (χ3v) is 11.1. The highest BCUT2D eigenvalue weighted by Crippen LogP contribution is 2.32. The molecule has 1 heteroatoms. The molecule has 0 saturated carbocycles. The lowest BCUT2D eigenvalue weighted by molar-refractivity contribution is 1.33.